The minimum absolute atomic E-state index is 0. The molecule has 752 valence electrons. The first kappa shape index (κ1) is 109. The number of nitrogens with one attached hydrogen (secondary N) is 3. The summed E-state index contributed by atoms with van der Waals surface area (Å²) >= 11 is 15.7. The van der Waals surface area contributed by atoms with Crippen molar-refractivity contribution < 1.29 is 90.1 Å². The standard InChI is InChI=1S/C32H25ClF2N6O3.C18H19N5O3.C17H15ClF2N2O.C14H16BrN3O3.C14H11N5O3.C4H5BN2O2.ClH/c33-25-6-2-1-4-21(25)22-5-3-7-26(30(22)35)39-32(44)28-11-20(34)14-41(28)29(42)16-40-15-24(31(36)43)23-10-18(8-9-27(23)40)19-12-37-17-38-13-19;1-18(2,3)26-15(24)9-23-14-5-4-11(12-7-20-10-21-8-12)6-13(14)16(22-23)17(19)25;18-13-6-2-1-4-11(13)12-5-3-7-14(16(12)20)22-17(23)15-8-10(19)9-21-15;1-14(2,3)21-11(19)7-18-10-5-4-8(15)6-9(10)12(17-18)13(16)20;15-14(22)13-10-3-8(9-4-16-7-17-5-9)1-2-11(10)19(18-13)6-12(20)21;8-5(9)4-1-6-3-7-2-4;/h1-10,12-13,15,17,20,28H,11,14,16H2,(H2,36,43)(H,39,44);4-8,10H,9H2,1-3H3,(H2,19,25);1-7,10,15,21H,8-9H2,(H,22,23);4-6H,7H2,1-3H3,(H2,16,20);1-5,7H,6H2,(H2,15,22)(H,20,21);1-3,8-9H;1H/t20-,28+;;10-,15+;;;;/m1.1..../s1. The Morgan fingerprint density at radius 2 is 0.863 bits per heavy atom. The number of ether oxygens (including phenoxy) is 2. The molecule has 47 heteroatoms. The molecule has 2 saturated heterocycles. The summed E-state index contributed by atoms with van der Waals surface area (Å²) in [4.78, 5) is 153. The van der Waals surface area contributed by atoms with Gasteiger partial charge in [-0.15, -0.1) is 12.4 Å². The zero-order chi connectivity index (χ0) is 104. The maximum absolute atomic E-state index is 15.5. The molecule has 146 heavy (non-hydrogen) atoms. The molecule has 0 unspecified atom stereocenters. The monoisotopic (exact) mass is 2110 g/mol. The number of carboxylic acid groups (broad SMARTS) is 1. The molecule has 0 saturated carbocycles. The molecular weight excluding hydrogens is 2020 g/mol. The van der Waals surface area contributed by atoms with Crippen molar-refractivity contribution in [2.75, 3.05) is 23.7 Å². The maximum Gasteiger partial charge on any atom is 0.491 e. The molecule has 16 aromatic rings. The number of primary amides is 4. The first-order valence-electron chi connectivity index (χ1n) is 44.1. The number of nitrogens with zero attached hydrogens (tertiary/aromatic N) is 16. The molecule has 10 heterocycles. The van der Waals surface area contributed by atoms with Crippen LogP contribution in [0.1, 0.15) is 96.2 Å². The number of esters is 2. The van der Waals surface area contributed by atoms with Crippen molar-refractivity contribution in [2.45, 2.75) is 116 Å². The number of amides is 7. The lowest BCUT2D eigenvalue weighted by atomic mass is 9.83. The number of anilines is 2. The number of rotatable bonds is 22. The van der Waals surface area contributed by atoms with Crippen LogP contribution in [0.25, 0.3) is 99.2 Å². The summed E-state index contributed by atoms with van der Waals surface area (Å²) in [5, 5.41) is 49.0. The molecule has 2 fully saturated rings. The predicted molar refractivity (Wildman–Crippen MR) is 542 cm³/mol. The fourth-order valence-corrected chi connectivity index (χ4v) is 16.2. The van der Waals surface area contributed by atoms with E-state index in [9.17, 15) is 61.1 Å². The summed E-state index contributed by atoms with van der Waals surface area (Å²) in [5.41, 5.74) is 29.7. The number of carbonyl (C=O) groups is 10. The van der Waals surface area contributed by atoms with E-state index < -0.39 is 114 Å². The van der Waals surface area contributed by atoms with E-state index in [1.807, 2.05) is 6.07 Å². The molecule has 0 aliphatic carbocycles. The van der Waals surface area contributed by atoms with Gasteiger partial charge in [-0.25, -0.2) is 57.4 Å². The number of halogens is 8. The molecule has 0 radical (unpaired) electrons. The molecule has 0 spiro atoms. The third-order valence-electron chi connectivity index (χ3n) is 21.7. The number of carboxylic acids is 1. The van der Waals surface area contributed by atoms with E-state index in [0.717, 1.165) is 42.8 Å². The van der Waals surface area contributed by atoms with Crippen LogP contribution in [0.15, 0.2) is 243 Å². The largest absolute Gasteiger partial charge is 0.491 e. The smallest absolute Gasteiger partial charge is 0.480 e. The SMILES string of the molecule is CC(C)(C)OC(=O)Cn1nc(C(N)=O)c2cc(-c3cncnc3)ccc21.CC(C)(C)OC(=O)Cn1nc(C(N)=O)c2cc(Br)ccc21.Cl.NC(=O)c1cn(CC(=O)N2C[C@H](F)C[C@H]2C(=O)Nc2cccc(-c3ccccc3Cl)c2F)c2ccc(-c3cncnc3)cc12.NC(=O)c1nn(CC(=O)O)c2ccc(-c3cncnc3)cc12.O=C(Nc1cccc(-c2ccccc2Cl)c1F)[C@@H]1C[C@@H](F)CN1.OB(O)c1cncnc1. The maximum atomic E-state index is 15.5. The van der Waals surface area contributed by atoms with Gasteiger partial charge in [0.15, 0.2) is 28.7 Å². The summed E-state index contributed by atoms with van der Waals surface area (Å²) in [7, 11) is -1.47. The number of alkyl halides is 2. The third-order valence-corrected chi connectivity index (χ3v) is 22.9. The molecule has 18 rings (SSSR count). The Bertz CT molecular complexity index is 7540. The number of fused-ring (bicyclic) bond motifs is 4. The summed E-state index contributed by atoms with van der Waals surface area (Å²) in [6, 6.07) is 42.2. The predicted octanol–water partition coefficient (Wildman–Crippen LogP) is 12.4. The second-order valence-corrected chi connectivity index (χ2v) is 36.2. The van der Waals surface area contributed by atoms with E-state index in [1.165, 1.54) is 80.7 Å². The molecule has 8 aromatic heterocycles. The Labute approximate surface area is 853 Å². The first-order chi connectivity index (χ1) is 69.0. The second-order valence-electron chi connectivity index (χ2n) is 34.5. The normalized spacial score (nSPS) is 14.0. The highest BCUT2D eigenvalue weighted by Gasteiger charge is 2.41. The molecule has 0 bridgehead atoms. The van der Waals surface area contributed by atoms with Crippen LogP contribution in [0.5, 0.6) is 0 Å². The van der Waals surface area contributed by atoms with E-state index >= 15 is 4.39 Å². The highest BCUT2D eigenvalue weighted by Crippen LogP contribution is 2.38. The minimum atomic E-state index is -1.47. The van der Waals surface area contributed by atoms with Crippen LogP contribution in [0.3, 0.4) is 0 Å². The highest BCUT2D eigenvalue weighted by atomic mass is 79.9. The van der Waals surface area contributed by atoms with Crippen LogP contribution >= 0.6 is 51.5 Å². The minimum Gasteiger partial charge on any atom is -0.480 e. The Kier molecular flexibility index (Phi) is 35.9. The van der Waals surface area contributed by atoms with Gasteiger partial charge in [-0.1, -0.05) is 118 Å². The molecule has 8 aromatic carbocycles. The molecule has 4 atom stereocenters. The second kappa shape index (κ2) is 48.2. The van der Waals surface area contributed by atoms with Gasteiger partial charge >= 0.3 is 25.0 Å². The van der Waals surface area contributed by atoms with E-state index in [2.05, 4.69) is 87.0 Å². The van der Waals surface area contributed by atoms with Crippen molar-refractivity contribution in [3.05, 3.63) is 288 Å². The van der Waals surface area contributed by atoms with Crippen LogP contribution < -0.4 is 44.3 Å². The van der Waals surface area contributed by atoms with Gasteiger partial charge < -0.3 is 73.0 Å². The van der Waals surface area contributed by atoms with Crippen LogP contribution in [0.2, 0.25) is 10.0 Å². The molecular formula is C99H92BBrCl3F4N23O15. The van der Waals surface area contributed by atoms with Crippen LogP contribution in [-0.4, -0.2) is 209 Å². The fraction of sp³-hybridized carbons (Fsp3) is 0.202. The van der Waals surface area contributed by atoms with E-state index in [1.54, 1.807) is 212 Å². The molecule has 2 aliphatic heterocycles. The van der Waals surface area contributed by atoms with Crippen LogP contribution in [0, 0.1) is 11.6 Å². The van der Waals surface area contributed by atoms with Gasteiger partial charge in [-0.05, 0) is 137 Å². The third kappa shape index (κ3) is 27.6. The average molecular weight is 2120 g/mol. The molecule has 14 N–H and O–H groups in total. The van der Waals surface area contributed by atoms with E-state index in [0.29, 0.717) is 75.8 Å². The molecule has 38 nitrogen and oxygen atoms in total. The fourth-order valence-electron chi connectivity index (χ4n) is 15.4. The lowest BCUT2D eigenvalue weighted by molar-refractivity contribution is -0.156. The zero-order valence-electron chi connectivity index (χ0n) is 78.3. The number of hydrogen-bond donors (Lipinski definition) is 10. The average Bonchev–Trinajstić information content (AvgIpc) is 1.62. The number of aliphatic carboxylic acids is 1. The van der Waals surface area contributed by atoms with Gasteiger partial charge in [-0.3, -0.25) is 62.0 Å². The lowest BCUT2D eigenvalue weighted by Gasteiger charge is -2.24. The number of nitrogens with two attached hydrogens (primary N) is 4. The van der Waals surface area contributed by atoms with E-state index in [-0.39, 0.29) is 104 Å². The zero-order valence-corrected chi connectivity index (χ0v) is 82.2. The summed E-state index contributed by atoms with van der Waals surface area (Å²) in [6.45, 7) is 9.73. The van der Waals surface area contributed by atoms with Crippen molar-refractivity contribution in [1.82, 2.24) is 84.0 Å². The first-order valence-corrected chi connectivity index (χ1v) is 45.6. The molecule has 7 amide bonds. The van der Waals surface area contributed by atoms with Crippen molar-refractivity contribution in [1.29, 1.82) is 0 Å². The lowest BCUT2D eigenvalue weighted by Crippen LogP contribution is -2.44. The van der Waals surface area contributed by atoms with Crippen molar-refractivity contribution in [2.24, 2.45) is 22.9 Å². The van der Waals surface area contributed by atoms with Gasteiger partial charge in [0.1, 0.15) is 81.1 Å². The summed E-state index contributed by atoms with van der Waals surface area (Å²) in [6.07, 6.45) is 17.0. The van der Waals surface area contributed by atoms with Crippen LogP contribution in [0.4, 0.5) is 28.9 Å². The van der Waals surface area contributed by atoms with Crippen molar-refractivity contribution >= 4 is 178 Å². The van der Waals surface area contributed by atoms with Gasteiger partial charge in [0.05, 0.1) is 46.1 Å². The van der Waals surface area contributed by atoms with E-state index in [4.69, 9.17) is 70.8 Å². The van der Waals surface area contributed by atoms with Gasteiger partial charge in [0.25, 0.3) is 23.6 Å². The number of aromatic nitrogens is 15. The number of carbonyl (C=O) groups excluding carboxylic acids is 9. The van der Waals surface area contributed by atoms with Crippen LogP contribution in [-0.2, 0) is 64.4 Å². The Balaban J connectivity index is 0.000000163. The van der Waals surface area contributed by atoms with Crippen molar-refractivity contribution in [3.63, 3.8) is 0 Å². The Morgan fingerprint density at radius 1 is 0.473 bits per heavy atom. The topological polar surface area (TPSA) is 555 Å². The highest BCUT2D eigenvalue weighted by molar-refractivity contribution is 9.10. The Morgan fingerprint density at radius 3 is 1.25 bits per heavy atom. The number of hydrogen-bond acceptors (Lipinski definition) is 26. The van der Waals surface area contributed by atoms with Crippen molar-refractivity contribution in [3.8, 4) is 55.6 Å². The van der Waals surface area contributed by atoms with Gasteiger partial charge in [-0.2, -0.15) is 15.3 Å². The Hall–Kier alpha value is -16.3. The van der Waals surface area contributed by atoms with Gasteiger partial charge in [0.2, 0.25) is 17.7 Å². The summed E-state index contributed by atoms with van der Waals surface area (Å²) < 4.78 is 75.0. The molecule has 2 aliphatic rings. The van der Waals surface area contributed by atoms with Gasteiger partial charge in [0, 0.05) is 161 Å². The number of likely N-dealkylation sites (tertiary alicyclic amines) is 1. The summed E-state index contributed by atoms with van der Waals surface area (Å²) in [5.74, 6) is -7.63. The quantitative estimate of drug-likeness (QED) is 0.0171. The number of benzene rings is 8.